The van der Waals surface area contributed by atoms with Crippen molar-refractivity contribution >= 4 is 15.8 Å². The second-order valence-electron chi connectivity index (χ2n) is 5.42. The number of carbonyl (C=O) groups is 1. The van der Waals surface area contributed by atoms with E-state index in [9.17, 15) is 13.2 Å². The largest absolute Gasteiger partial charge is 0.336 e. The third kappa shape index (κ3) is 2.46. The zero-order valence-electron chi connectivity index (χ0n) is 12.5. The summed E-state index contributed by atoms with van der Waals surface area (Å²) >= 11 is 0. The van der Waals surface area contributed by atoms with Crippen molar-refractivity contribution < 1.29 is 13.2 Å². The van der Waals surface area contributed by atoms with E-state index in [1.165, 1.54) is 23.4 Å². The van der Waals surface area contributed by atoms with Gasteiger partial charge in [0.2, 0.25) is 10.0 Å². The number of ketones is 1. The fraction of sp³-hybridized carbons (Fsp3) is 0.333. The molecule has 3 rings (SSSR count). The van der Waals surface area contributed by atoms with Crippen LogP contribution in [0.4, 0.5) is 0 Å². The highest BCUT2D eigenvalue weighted by molar-refractivity contribution is 7.89. The van der Waals surface area contributed by atoms with Crippen LogP contribution in [0.15, 0.2) is 35.5 Å². The van der Waals surface area contributed by atoms with E-state index in [0.717, 1.165) is 11.4 Å². The van der Waals surface area contributed by atoms with Gasteiger partial charge in [0.15, 0.2) is 5.78 Å². The number of carbonyl (C=O) groups excluding carboxylic acids is 1. The Hall–Kier alpha value is -1.99. The number of hydrogen-bond acceptors (Lipinski definition) is 4. The summed E-state index contributed by atoms with van der Waals surface area (Å²) in [5, 5.41) is 0. The number of Topliss-reactive ketones (excluding diaryl/α,β-unsaturated/α-hetero) is 1. The molecule has 0 bridgehead atoms. The summed E-state index contributed by atoms with van der Waals surface area (Å²) in [5.74, 6) is -0.149. The van der Waals surface area contributed by atoms with Crippen LogP contribution in [0.25, 0.3) is 0 Å². The van der Waals surface area contributed by atoms with Crippen LogP contribution in [0, 0.1) is 0 Å². The summed E-state index contributed by atoms with van der Waals surface area (Å²) in [6.45, 7) is 2.13. The number of hydrogen-bond donors (Lipinski definition) is 0. The zero-order valence-corrected chi connectivity index (χ0v) is 13.3. The Bertz CT molecular complexity index is 839. The van der Waals surface area contributed by atoms with Crippen molar-refractivity contribution in [2.75, 3.05) is 6.54 Å². The minimum absolute atomic E-state index is 0.149. The highest BCUT2D eigenvalue weighted by Crippen LogP contribution is 2.24. The maximum Gasteiger partial charge on any atom is 0.243 e. The molecule has 0 radical (unpaired) electrons. The van der Waals surface area contributed by atoms with Gasteiger partial charge in [-0.05, 0) is 19.1 Å². The number of rotatable bonds is 3. The molecule has 1 aromatic heterocycles. The molecular formula is C15H17N3O3S. The standard InChI is InChI=1S/C15H17N3O3S/c1-11(19)12-4-3-5-13(8-12)22(20,21)18-7-6-14-15(9-18)17(2)10-16-14/h3-5,8,10H,6-7,9H2,1-2H3. The maximum atomic E-state index is 12.8. The highest BCUT2D eigenvalue weighted by atomic mass is 32.2. The van der Waals surface area contributed by atoms with Gasteiger partial charge in [0.1, 0.15) is 0 Å². The van der Waals surface area contributed by atoms with Crippen molar-refractivity contribution in [1.29, 1.82) is 0 Å². The van der Waals surface area contributed by atoms with Crippen LogP contribution in [-0.2, 0) is 30.0 Å². The average Bonchev–Trinajstić information content (AvgIpc) is 2.88. The molecule has 0 unspecified atom stereocenters. The second-order valence-corrected chi connectivity index (χ2v) is 7.36. The summed E-state index contributed by atoms with van der Waals surface area (Å²) < 4.78 is 28.9. The highest BCUT2D eigenvalue weighted by Gasteiger charge is 2.30. The van der Waals surface area contributed by atoms with E-state index in [0.29, 0.717) is 25.1 Å². The predicted molar refractivity (Wildman–Crippen MR) is 81.0 cm³/mol. The summed E-state index contributed by atoms with van der Waals surface area (Å²) in [6, 6.07) is 6.19. The molecule has 1 aromatic carbocycles. The Balaban J connectivity index is 1.96. The van der Waals surface area contributed by atoms with E-state index < -0.39 is 10.0 Å². The van der Waals surface area contributed by atoms with Crippen molar-refractivity contribution in [1.82, 2.24) is 13.9 Å². The molecule has 2 aromatic rings. The van der Waals surface area contributed by atoms with E-state index in [4.69, 9.17) is 0 Å². The number of aromatic nitrogens is 2. The quantitative estimate of drug-likeness (QED) is 0.801. The Morgan fingerprint density at radius 1 is 1.32 bits per heavy atom. The van der Waals surface area contributed by atoms with Gasteiger partial charge in [-0.25, -0.2) is 13.4 Å². The van der Waals surface area contributed by atoms with Gasteiger partial charge in [-0.1, -0.05) is 12.1 Å². The first-order valence-corrected chi connectivity index (χ1v) is 8.44. The van der Waals surface area contributed by atoms with Crippen molar-refractivity contribution in [2.24, 2.45) is 7.05 Å². The van der Waals surface area contributed by atoms with Gasteiger partial charge in [-0.15, -0.1) is 0 Å². The van der Waals surface area contributed by atoms with Crippen molar-refractivity contribution in [3.8, 4) is 0 Å². The van der Waals surface area contributed by atoms with Gasteiger partial charge >= 0.3 is 0 Å². The van der Waals surface area contributed by atoms with Gasteiger partial charge < -0.3 is 4.57 Å². The molecule has 1 aliphatic rings. The minimum atomic E-state index is -3.62. The lowest BCUT2D eigenvalue weighted by Crippen LogP contribution is -2.36. The SMILES string of the molecule is CC(=O)c1cccc(S(=O)(=O)N2CCc3ncn(C)c3C2)c1. The number of benzene rings is 1. The van der Waals surface area contributed by atoms with Gasteiger partial charge in [0.05, 0.1) is 29.2 Å². The lowest BCUT2D eigenvalue weighted by molar-refractivity contribution is 0.101. The van der Waals surface area contributed by atoms with Crippen LogP contribution in [0.2, 0.25) is 0 Å². The van der Waals surface area contributed by atoms with Crippen LogP contribution in [0.3, 0.4) is 0 Å². The number of aryl methyl sites for hydroxylation is 1. The molecule has 1 aliphatic heterocycles. The van der Waals surface area contributed by atoms with Crippen molar-refractivity contribution in [3.63, 3.8) is 0 Å². The molecule has 6 nitrogen and oxygen atoms in total. The summed E-state index contributed by atoms with van der Waals surface area (Å²) in [5.41, 5.74) is 2.27. The van der Waals surface area contributed by atoms with E-state index in [1.54, 1.807) is 18.5 Å². The zero-order chi connectivity index (χ0) is 15.9. The maximum absolute atomic E-state index is 12.8. The van der Waals surface area contributed by atoms with E-state index in [-0.39, 0.29) is 10.7 Å². The molecule has 0 N–H and O–H groups in total. The molecule has 22 heavy (non-hydrogen) atoms. The normalized spacial score (nSPS) is 15.5. The van der Waals surface area contributed by atoms with E-state index in [2.05, 4.69) is 4.98 Å². The Kier molecular flexibility index (Phi) is 3.62. The molecule has 2 heterocycles. The molecule has 0 fully saturated rings. The molecule has 0 saturated carbocycles. The Labute approximate surface area is 129 Å². The van der Waals surface area contributed by atoms with Crippen LogP contribution in [0.1, 0.15) is 28.7 Å². The average molecular weight is 319 g/mol. The third-order valence-electron chi connectivity index (χ3n) is 3.95. The van der Waals surface area contributed by atoms with E-state index in [1.807, 2.05) is 11.6 Å². The molecule has 116 valence electrons. The first-order valence-electron chi connectivity index (χ1n) is 7.00. The molecule has 7 heteroatoms. The van der Waals surface area contributed by atoms with E-state index >= 15 is 0 Å². The van der Waals surface area contributed by atoms with Gasteiger partial charge in [-0.3, -0.25) is 4.79 Å². The summed E-state index contributed by atoms with van der Waals surface area (Å²) in [4.78, 5) is 15.9. The first kappa shape index (κ1) is 14.9. The van der Waals surface area contributed by atoms with Gasteiger partial charge in [-0.2, -0.15) is 4.31 Å². The monoisotopic (exact) mass is 319 g/mol. The van der Waals surface area contributed by atoms with Crippen LogP contribution in [-0.4, -0.2) is 34.6 Å². The summed E-state index contributed by atoms with van der Waals surface area (Å²) in [7, 11) is -1.76. The lowest BCUT2D eigenvalue weighted by atomic mass is 10.2. The minimum Gasteiger partial charge on any atom is -0.336 e. The number of imidazole rings is 1. The fourth-order valence-electron chi connectivity index (χ4n) is 2.62. The first-order chi connectivity index (χ1) is 10.4. The molecule has 0 atom stereocenters. The van der Waals surface area contributed by atoms with Crippen molar-refractivity contribution in [3.05, 3.63) is 47.5 Å². The lowest BCUT2D eigenvalue weighted by Gasteiger charge is -2.26. The number of sulfonamides is 1. The second kappa shape index (κ2) is 5.33. The molecule has 0 saturated heterocycles. The fourth-order valence-corrected chi connectivity index (χ4v) is 4.07. The van der Waals surface area contributed by atoms with Gasteiger partial charge in [0.25, 0.3) is 0 Å². The number of fused-ring (bicyclic) bond motifs is 1. The smallest absolute Gasteiger partial charge is 0.243 e. The van der Waals surface area contributed by atoms with Crippen LogP contribution < -0.4 is 0 Å². The molecule has 0 aliphatic carbocycles. The van der Waals surface area contributed by atoms with Crippen LogP contribution >= 0.6 is 0 Å². The topological polar surface area (TPSA) is 72.3 Å². The third-order valence-corrected chi connectivity index (χ3v) is 5.79. The number of nitrogens with zero attached hydrogens (tertiary/aromatic N) is 3. The van der Waals surface area contributed by atoms with Crippen LogP contribution in [0.5, 0.6) is 0 Å². The molecular weight excluding hydrogens is 302 g/mol. The molecule has 0 amide bonds. The van der Waals surface area contributed by atoms with Gasteiger partial charge in [0, 0.05) is 25.6 Å². The molecule has 0 spiro atoms. The Morgan fingerprint density at radius 2 is 2.09 bits per heavy atom. The Morgan fingerprint density at radius 3 is 2.82 bits per heavy atom. The van der Waals surface area contributed by atoms with Crippen molar-refractivity contribution in [2.45, 2.75) is 24.8 Å². The summed E-state index contributed by atoms with van der Waals surface area (Å²) in [6.07, 6.45) is 2.30. The predicted octanol–water partition coefficient (Wildman–Crippen LogP) is 1.37.